The van der Waals surface area contributed by atoms with Crippen LogP contribution in [0.25, 0.3) is 0 Å². The zero-order valence-electron chi connectivity index (χ0n) is 11.0. The lowest BCUT2D eigenvalue weighted by Gasteiger charge is -2.22. The molecule has 0 aliphatic carbocycles. The number of rotatable bonds is 3. The summed E-state index contributed by atoms with van der Waals surface area (Å²) < 4.78 is 27.2. The number of benzene rings is 1. The molecule has 1 aromatic rings. The van der Waals surface area contributed by atoms with Gasteiger partial charge in [-0.1, -0.05) is 18.5 Å². The largest absolute Gasteiger partial charge is 0.330 e. The number of sulfonamides is 1. The zero-order chi connectivity index (χ0) is 14.3. The van der Waals surface area contributed by atoms with Gasteiger partial charge in [-0.2, -0.15) is 4.31 Å². The number of nitrogens with zero attached hydrogens (tertiary/aromatic N) is 1. The summed E-state index contributed by atoms with van der Waals surface area (Å²) >= 11 is 9.16. The predicted octanol–water partition coefficient (Wildman–Crippen LogP) is 2.88. The van der Waals surface area contributed by atoms with Gasteiger partial charge in [0.05, 0.1) is 4.90 Å². The molecule has 0 aromatic heterocycles. The molecule has 1 atom stereocenters. The van der Waals surface area contributed by atoms with Crippen LogP contribution in [0, 0.1) is 5.41 Å². The molecule has 0 bridgehead atoms. The van der Waals surface area contributed by atoms with Gasteiger partial charge in [0.1, 0.15) is 0 Å². The second-order valence-corrected chi connectivity index (χ2v) is 8.38. The Morgan fingerprint density at radius 1 is 1.50 bits per heavy atom. The van der Waals surface area contributed by atoms with Crippen LogP contribution in [0.5, 0.6) is 0 Å². The van der Waals surface area contributed by atoms with Crippen molar-refractivity contribution in [2.75, 3.05) is 19.6 Å². The molecule has 1 aliphatic heterocycles. The fraction of sp³-hybridized carbons (Fsp3) is 0.500. The molecule has 1 aliphatic rings. The highest BCUT2D eigenvalue weighted by Crippen LogP contribution is 2.35. The maximum atomic E-state index is 12.6. The predicted molar refractivity (Wildman–Crippen MR) is 86.9 cm³/mol. The lowest BCUT2D eigenvalue weighted by Crippen LogP contribution is -2.34. The Morgan fingerprint density at radius 2 is 2.15 bits per heavy atom. The van der Waals surface area contributed by atoms with Crippen LogP contribution >= 0.6 is 39.9 Å². The monoisotopic (exact) mass is 402 g/mol. The molecular formula is C12H17BrCl2N2O2S. The minimum Gasteiger partial charge on any atom is -0.330 e. The molecule has 1 saturated heterocycles. The van der Waals surface area contributed by atoms with E-state index in [0.29, 0.717) is 29.1 Å². The lowest BCUT2D eigenvalue weighted by atomic mass is 9.90. The van der Waals surface area contributed by atoms with Crippen molar-refractivity contribution >= 4 is 50.0 Å². The van der Waals surface area contributed by atoms with Crippen LogP contribution in [0.2, 0.25) is 5.02 Å². The van der Waals surface area contributed by atoms with Gasteiger partial charge in [-0.05, 0) is 52.5 Å². The molecule has 1 aromatic carbocycles. The Bertz CT molecular complexity index is 597. The molecule has 114 valence electrons. The van der Waals surface area contributed by atoms with Crippen molar-refractivity contribution < 1.29 is 8.42 Å². The summed E-state index contributed by atoms with van der Waals surface area (Å²) in [5.74, 6) is 0. The van der Waals surface area contributed by atoms with Crippen LogP contribution in [-0.4, -0.2) is 32.4 Å². The highest BCUT2D eigenvalue weighted by Gasteiger charge is 2.39. The highest BCUT2D eigenvalue weighted by molar-refractivity contribution is 9.10. The van der Waals surface area contributed by atoms with Crippen LogP contribution in [-0.2, 0) is 10.0 Å². The van der Waals surface area contributed by atoms with Crippen molar-refractivity contribution in [3.8, 4) is 0 Å². The second-order valence-electron chi connectivity index (χ2n) is 5.18. The van der Waals surface area contributed by atoms with Crippen LogP contribution in [0.15, 0.2) is 27.6 Å². The molecule has 1 unspecified atom stereocenters. The van der Waals surface area contributed by atoms with E-state index in [-0.39, 0.29) is 22.7 Å². The Balaban J connectivity index is 0.00000200. The molecule has 1 fully saturated rings. The van der Waals surface area contributed by atoms with Gasteiger partial charge in [0.15, 0.2) is 0 Å². The Labute approximate surface area is 139 Å². The second kappa shape index (κ2) is 6.50. The van der Waals surface area contributed by atoms with Gasteiger partial charge in [-0.3, -0.25) is 0 Å². The summed E-state index contributed by atoms with van der Waals surface area (Å²) in [6.07, 6.45) is 0.779. The van der Waals surface area contributed by atoms with Gasteiger partial charge in [0.25, 0.3) is 0 Å². The van der Waals surface area contributed by atoms with Crippen molar-refractivity contribution in [2.45, 2.75) is 18.2 Å². The summed E-state index contributed by atoms with van der Waals surface area (Å²) in [5.41, 5.74) is 5.57. The van der Waals surface area contributed by atoms with Gasteiger partial charge >= 0.3 is 0 Å². The fourth-order valence-electron chi connectivity index (χ4n) is 2.16. The Hall–Kier alpha value is 0.150. The number of hydrogen-bond donors (Lipinski definition) is 1. The van der Waals surface area contributed by atoms with Gasteiger partial charge in [0.2, 0.25) is 10.0 Å². The molecule has 2 rings (SSSR count). The molecular weight excluding hydrogens is 387 g/mol. The maximum Gasteiger partial charge on any atom is 0.244 e. The summed E-state index contributed by atoms with van der Waals surface area (Å²) in [6, 6.07) is 4.77. The van der Waals surface area contributed by atoms with Crippen LogP contribution < -0.4 is 5.73 Å². The summed E-state index contributed by atoms with van der Waals surface area (Å²) in [6.45, 7) is 3.44. The normalized spacial score (nSPS) is 23.6. The molecule has 4 nitrogen and oxygen atoms in total. The first kappa shape index (κ1) is 18.2. The Morgan fingerprint density at radius 3 is 2.70 bits per heavy atom. The summed E-state index contributed by atoms with van der Waals surface area (Å²) in [5, 5.41) is 0.405. The molecule has 1 heterocycles. The first-order chi connectivity index (χ1) is 8.78. The van der Waals surface area contributed by atoms with E-state index in [1.54, 1.807) is 12.1 Å². The number of nitrogens with two attached hydrogens (primary N) is 1. The molecule has 0 amide bonds. The van der Waals surface area contributed by atoms with E-state index in [0.717, 1.165) is 6.42 Å². The minimum absolute atomic E-state index is 0. The average molecular weight is 404 g/mol. The number of halogens is 3. The molecule has 0 radical (unpaired) electrons. The van der Waals surface area contributed by atoms with Gasteiger partial charge in [-0.15, -0.1) is 12.4 Å². The van der Waals surface area contributed by atoms with E-state index in [1.165, 1.54) is 10.4 Å². The van der Waals surface area contributed by atoms with E-state index in [1.807, 2.05) is 6.92 Å². The van der Waals surface area contributed by atoms with E-state index in [4.69, 9.17) is 17.3 Å². The Kier molecular flexibility index (Phi) is 5.92. The SMILES string of the molecule is CC1(CN)CCN(S(=O)(=O)c2cc(Cl)ccc2Br)C1.Cl. The minimum atomic E-state index is -3.53. The third-order valence-electron chi connectivity index (χ3n) is 3.53. The van der Waals surface area contributed by atoms with Crippen molar-refractivity contribution in [3.05, 3.63) is 27.7 Å². The van der Waals surface area contributed by atoms with Gasteiger partial charge in [-0.25, -0.2) is 8.42 Å². The van der Waals surface area contributed by atoms with Gasteiger partial charge in [0, 0.05) is 22.6 Å². The van der Waals surface area contributed by atoms with Crippen molar-refractivity contribution in [1.82, 2.24) is 4.31 Å². The quantitative estimate of drug-likeness (QED) is 0.843. The average Bonchev–Trinajstić information content (AvgIpc) is 2.76. The summed E-state index contributed by atoms with van der Waals surface area (Å²) in [4.78, 5) is 0.210. The third-order valence-corrected chi connectivity index (χ3v) is 6.60. The van der Waals surface area contributed by atoms with Crippen LogP contribution in [0.1, 0.15) is 13.3 Å². The smallest absolute Gasteiger partial charge is 0.244 e. The topological polar surface area (TPSA) is 63.4 Å². The van der Waals surface area contributed by atoms with Crippen LogP contribution in [0.4, 0.5) is 0 Å². The van der Waals surface area contributed by atoms with E-state index in [9.17, 15) is 8.42 Å². The summed E-state index contributed by atoms with van der Waals surface area (Å²) in [7, 11) is -3.53. The van der Waals surface area contributed by atoms with E-state index in [2.05, 4.69) is 15.9 Å². The highest BCUT2D eigenvalue weighted by atomic mass is 79.9. The standard InChI is InChI=1S/C12H16BrClN2O2S.ClH/c1-12(7-15)4-5-16(8-12)19(17,18)11-6-9(14)2-3-10(11)13;/h2-3,6H,4-5,7-8,15H2,1H3;1H. The molecule has 8 heteroatoms. The van der Waals surface area contributed by atoms with Gasteiger partial charge < -0.3 is 5.73 Å². The molecule has 20 heavy (non-hydrogen) atoms. The third kappa shape index (κ3) is 3.48. The molecule has 0 spiro atoms. The van der Waals surface area contributed by atoms with Crippen LogP contribution in [0.3, 0.4) is 0 Å². The van der Waals surface area contributed by atoms with Crippen molar-refractivity contribution in [3.63, 3.8) is 0 Å². The number of hydrogen-bond acceptors (Lipinski definition) is 3. The fourth-order valence-corrected chi connectivity index (χ4v) is 4.94. The van der Waals surface area contributed by atoms with E-state index >= 15 is 0 Å². The lowest BCUT2D eigenvalue weighted by molar-refractivity contribution is 0.349. The van der Waals surface area contributed by atoms with Crippen molar-refractivity contribution in [1.29, 1.82) is 0 Å². The zero-order valence-corrected chi connectivity index (χ0v) is 14.9. The maximum absolute atomic E-state index is 12.6. The van der Waals surface area contributed by atoms with E-state index < -0.39 is 10.0 Å². The first-order valence-electron chi connectivity index (χ1n) is 5.94. The first-order valence-corrected chi connectivity index (χ1v) is 8.55. The molecule has 2 N–H and O–H groups in total. The molecule has 0 saturated carbocycles. The van der Waals surface area contributed by atoms with Crippen molar-refractivity contribution in [2.24, 2.45) is 11.1 Å².